The summed E-state index contributed by atoms with van der Waals surface area (Å²) < 4.78 is 14.0. The van der Waals surface area contributed by atoms with Crippen LogP contribution >= 0.6 is 15.9 Å². The lowest BCUT2D eigenvalue weighted by Crippen LogP contribution is -2.29. The topological polar surface area (TPSA) is 78.5 Å². The first-order chi connectivity index (χ1) is 15.9. The monoisotopic (exact) mass is 509 g/mol. The molecule has 1 saturated heterocycles. The van der Waals surface area contributed by atoms with Gasteiger partial charge in [-0.2, -0.15) is 0 Å². The Morgan fingerprint density at radius 3 is 2.42 bits per heavy atom. The van der Waals surface area contributed by atoms with E-state index in [0.29, 0.717) is 11.3 Å². The number of halogens is 2. The van der Waals surface area contributed by atoms with Crippen molar-refractivity contribution in [1.82, 2.24) is 5.32 Å². The highest BCUT2D eigenvalue weighted by Gasteiger charge is 2.35. The van der Waals surface area contributed by atoms with Gasteiger partial charge in [0, 0.05) is 29.7 Å². The zero-order valence-corrected chi connectivity index (χ0v) is 19.1. The van der Waals surface area contributed by atoms with Crippen LogP contribution in [0.3, 0.4) is 0 Å². The molecular weight excluding hydrogens is 489 g/mol. The Bertz CT molecular complexity index is 1180. The second-order valence-corrected chi connectivity index (χ2v) is 8.64. The molecule has 8 heteroatoms. The van der Waals surface area contributed by atoms with Crippen LogP contribution in [0.15, 0.2) is 77.3 Å². The molecule has 4 rings (SSSR count). The highest BCUT2D eigenvalue weighted by molar-refractivity contribution is 9.10. The molecule has 3 aromatic carbocycles. The molecule has 1 atom stereocenters. The van der Waals surface area contributed by atoms with Crippen molar-refractivity contribution < 1.29 is 18.8 Å². The van der Waals surface area contributed by atoms with E-state index in [0.717, 1.165) is 15.7 Å². The summed E-state index contributed by atoms with van der Waals surface area (Å²) in [5, 5.41) is 5.58. The maximum atomic E-state index is 13.1. The molecule has 168 valence electrons. The first-order valence-electron chi connectivity index (χ1n) is 10.4. The minimum atomic E-state index is -0.531. The van der Waals surface area contributed by atoms with Gasteiger partial charge in [-0.05, 0) is 54.1 Å². The fourth-order valence-electron chi connectivity index (χ4n) is 3.66. The minimum absolute atomic E-state index is 0.0980. The molecule has 2 N–H and O–H groups in total. The predicted molar refractivity (Wildman–Crippen MR) is 127 cm³/mol. The molecule has 1 fully saturated rings. The molecule has 6 nitrogen and oxygen atoms in total. The van der Waals surface area contributed by atoms with E-state index < -0.39 is 5.92 Å². The first kappa shape index (κ1) is 22.7. The second kappa shape index (κ2) is 9.95. The van der Waals surface area contributed by atoms with Crippen molar-refractivity contribution in [2.24, 2.45) is 5.92 Å². The van der Waals surface area contributed by atoms with E-state index in [4.69, 9.17) is 0 Å². The minimum Gasteiger partial charge on any atom is -0.348 e. The first-order valence-corrected chi connectivity index (χ1v) is 11.2. The molecule has 3 amide bonds. The van der Waals surface area contributed by atoms with Crippen LogP contribution in [0.1, 0.15) is 22.3 Å². The van der Waals surface area contributed by atoms with Crippen LogP contribution in [-0.2, 0) is 16.1 Å². The average molecular weight is 510 g/mol. The van der Waals surface area contributed by atoms with E-state index in [-0.39, 0.29) is 43.0 Å². The Kier molecular flexibility index (Phi) is 6.84. The van der Waals surface area contributed by atoms with E-state index in [2.05, 4.69) is 26.6 Å². The Morgan fingerprint density at radius 2 is 1.70 bits per heavy atom. The van der Waals surface area contributed by atoms with E-state index in [1.54, 1.807) is 41.3 Å². The summed E-state index contributed by atoms with van der Waals surface area (Å²) in [6.45, 7) is 0.492. The summed E-state index contributed by atoms with van der Waals surface area (Å²) in [5.74, 6) is -1.68. The molecule has 33 heavy (non-hydrogen) atoms. The van der Waals surface area contributed by atoms with Gasteiger partial charge in [0.25, 0.3) is 5.91 Å². The van der Waals surface area contributed by atoms with Crippen LogP contribution < -0.4 is 15.5 Å². The van der Waals surface area contributed by atoms with E-state index in [1.807, 2.05) is 24.3 Å². The Labute approximate surface area is 198 Å². The van der Waals surface area contributed by atoms with Crippen molar-refractivity contribution in [3.05, 3.63) is 94.2 Å². The van der Waals surface area contributed by atoms with Gasteiger partial charge < -0.3 is 15.5 Å². The molecule has 0 bridgehead atoms. The van der Waals surface area contributed by atoms with Crippen molar-refractivity contribution in [1.29, 1.82) is 0 Å². The Hall–Kier alpha value is -3.52. The van der Waals surface area contributed by atoms with Crippen LogP contribution in [0.2, 0.25) is 0 Å². The molecule has 0 aliphatic carbocycles. The summed E-state index contributed by atoms with van der Waals surface area (Å²) in [4.78, 5) is 39.7. The lowest BCUT2D eigenvalue weighted by molar-refractivity contribution is -0.122. The zero-order chi connectivity index (χ0) is 23.4. The summed E-state index contributed by atoms with van der Waals surface area (Å²) in [7, 11) is 0. The average Bonchev–Trinajstić information content (AvgIpc) is 3.21. The maximum Gasteiger partial charge on any atom is 0.253 e. The standard InChI is InChI=1S/C25H21BrFN3O3/c26-18-7-11-20(12-8-18)30-15-17(13-23(30)31)24(32)29-22-4-2-1-3-21(22)25(33)28-14-16-5-9-19(27)10-6-16/h1-12,17H,13-15H2,(H,28,33)(H,29,32)/t17-/m1/s1. The highest BCUT2D eigenvalue weighted by Crippen LogP contribution is 2.27. The second-order valence-electron chi connectivity index (χ2n) is 7.73. The van der Waals surface area contributed by atoms with Crippen LogP contribution in [0.25, 0.3) is 0 Å². The number of rotatable bonds is 6. The smallest absolute Gasteiger partial charge is 0.253 e. The third kappa shape index (κ3) is 5.46. The third-order valence-corrected chi connectivity index (χ3v) is 5.96. The van der Waals surface area contributed by atoms with Crippen molar-refractivity contribution in [2.75, 3.05) is 16.8 Å². The van der Waals surface area contributed by atoms with Crippen molar-refractivity contribution in [2.45, 2.75) is 13.0 Å². The van der Waals surface area contributed by atoms with Crippen LogP contribution in [0.4, 0.5) is 15.8 Å². The van der Waals surface area contributed by atoms with Crippen molar-refractivity contribution in [3.8, 4) is 0 Å². The van der Waals surface area contributed by atoms with Gasteiger partial charge in [-0.15, -0.1) is 0 Å². The molecule has 1 heterocycles. The summed E-state index contributed by atoms with van der Waals surface area (Å²) in [6.07, 6.45) is 0.0980. The number of carbonyl (C=O) groups is 3. The molecule has 0 aromatic heterocycles. The quantitative estimate of drug-likeness (QED) is 0.513. The lowest BCUT2D eigenvalue weighted by atomic mass is 10.1. The number of para-hydroxylation sites is 1. The summed E-state index contributed by atoms with van der Waals surface area (Å²) >= 11 is 3.37. The third-order valence-electron chi connectivity index (χ3n) is 5.43. The van der Waals surface area contributed by atoms with E-state index >= 15 is 0 Å². The normalized spacial score (nSPS) is 15.4. The van der Waals surface area contributed by atoms with Crippen LogP contribution in [0, 0.1) is 11.7 Å². The SMILES string of the molecule is O=C(NCc1ccc(F)cc1)c1ccccc1NC(=O)[C@@H]1CC(=O)N(c2ccc(Br)cc2)C1. The van der Waals surface area contributed by atoms with Crippen molar-refractivity contribution >= 4 is 45.0 Å². The molecule has 1 aliphatic rings. The molecule has 0 spiro atoms. The van der Waals surface area contributed by atoms with Gasteiger partial charge in [0.05, 0.1) is 17.2 Å². The predicted octanol–water partition coefficient (Wildman–Crippen LogP) is 4.51. The molecular formula is C25H21BrFN3O3. The molecule has 1 aliphatic heterocycles. The number of hydrogen-bond donors (Lipinski definition) is 2. The van der Waals surface area contributed by atoms with Gasteiger partial charge >= 0.3 is 0 Å². The number of benzene rings is 3. The maximum absolute atomic E-state index is 13.1. The van der Waals surface area contributed by atoms with Crippen LogP contribution in [-0.4, -0.2) is 24.3 Å². The fraction of sp³-hybridized carbons (Fsp3) is 0.160. The van der Waals surface area contributed by atoms with Gasteiger partial charge in [-0.25, -0.2) is 4.39 Å². The zero-order valence-electron chi connectivity index (χ0n) is 17.6. The number of nitrogens with zero attached hydrogens (tertiary/aromatic N) is 1. The number of carbonyl (C=O) groups excluding carboxylic acids is 3. The molecule has 3 aromatic rings. The van der Waals surface area contributed by atoms with Crippen LogP contribution in [0.5, 0.6) is 0 Å². The van der Waals surface area contributed by atoms with Gasteiger partial charge in [-0.1, -0.05) is 40.2 Å². The van der Waals surface area contributed by atoms with Gasteiger partial charge in [-0.3, -0.25) is 14.4 Å². The summed E-state index contributed by atoms with van der Waals surface area (Å²) in [5.41, 5.74) is 2.17. The van der Waals surface area contributed by atoms with Crippen molar-refractivity contribution in [3.63, 3.8) is 0 Å². The van der Waals surface area contributed by atoms with Gasteiger partial charge in [0.2, 0.25) is 11.8 Å². The summed E-state index contributed by atoms with van der Waals surface area (Å²) in [6, 6.07) is 19.9. The Balaban J connectivity index is 1.41. The number of amides is 3. The van der Waals surface area contributed by atoms with E-state index in [1.165, 1.54) is 12.1 Å². The largest absolute Gasteiger partial charge is 0.348 e. The highest BCUT2D eigenvalue weighted by atomic mass is 79.9. The van der Waals surface area contributed by atoms with Gasteiger partial charge in [0.15, 0.2) is 0 Å². The number of nitrogens with one attached hydrogen (secondary N) is 2. The number of hydrogen-bond acceptors (Lipinski definition) is 3. The molecule has 0 radical (unpaired) electrons. The molecule has 0 unspecified atom stereocenters. The van der Waals surface area contributed by atoms with E-state index in [9.17, 15) is 18.8 Å². The number of anilines is 2. The lowest BCUT2D eigenvalue weighted by Gasteiger charge is -2.17. The Morgan fingerprint density at radius 1 is 1.00 bits per heavy atom. The molecule has 0 saturated carbocycles. The fourth-order valence-corrected chi connectivity index (χ4v) is 3.92. The van der Waals surface area contributed by atoms with Gasteiger partial charge in [0.1, 0.15) is 5.82 Å².